The number of aryl methyl sites for hydroxylation is 1. The maximum absolute atomic E-state index is 12.2. The molecule has 0 aliphatic carbocycles. The summed E-state index contributed by atoms with van der Waals surface area (Å²) in [5, 5.41) is 15.1. The van der Waals surface area contributed by atoms with Crippen LogP contribution in [0.15, 0.2) is 66.9 Å². The molecule has 0 bridgehead atoms. The van der Waals surface area contributed by atoms with Crippen LogP contribution in [0.4, 0.5) is 11.4 Å². The normalized spacial score (nSPS) is 10.0. The first-order chi connectivity index (χ1) is 12.7. The first-order valence-corrected chi connectivity index (χ1v) is 8.21. The second-order valence-electron chi connectivity index (χ2n) is 5.89. The van der Waals surface area contributed by atoms with Crippen molar-refractivity contribution in [1.29, 1.82) is 5.26 Å². The first kappa shape index (κ1) is 17.2. The molecule has 128 valence electrons. The zero-order chi connectivity index (χ0) is 18.4. The average molecular weight is 342 g/mol. The van der Waals surface area contributed by atoms with E-state index < -0.39 is 0 Å². The highest BCUT2D eigenvalue weighted by atomic mass is 16.1. The SMILES string of the molecule is Cc1cccc(CNC(=O)c2ccc(Nc3ccccc3C#N)cn2)c1. The van der Waals surface area contributed by atoms with Crippen LogP contribution < -0.4 is 10.6 Å². The van der Waals surface area contributed by atoms with Crippen molar-refractivity contribution in [2.75, 3.05) is 5.32 Å². The standard InChI is InChI=1S/C21H18N4O/c1-15-5-4-6-16(11-15)13-24-21(26)20-10-9-18(14-23-20)25-19-8-3-2-7-17(19)12-22/h2-11,14,25H,13H2,1H3,(H,24,26). The van der Waals surface area contributed by atoms with Gasteiger partial charge in [0.1, 0.15) is 11.8 Å². The Labute approximate surface area is 152 Å². The summed E-state index contributed by atoms with van der Waals surface area (Å²) in [6.45, 7) is 2.47. The smallest absolute Gasteiger partial charge is 0.270 e. The molecule has 0 unspecified atom stereocenters. The number of pyridine rings is 1. The van der Waals surface area contributed by atoms with E-state index >= 15 is 0 Å². The van der Waals surface area contributed by atoms with Crippen LogP contribution in [-0.4, -0.2) is 10.9 Å². The van der Waals surface area contributed by atoms with Crippen molar-refractivity contribution < 1.29 is 4.79 Å². The Morgan fingerprint density at radius 1 is 1.12 bits per heavy atom. The number of rotatable bonds is 5. The van der Waals surface area contributed by atoms with Gasteiger partial charge in [0, 0.05) is 6.54 Å². The number of aromatic nitrogens is 1. The molecule has 0 saturated carbocycles. The molecule has 0 saturated heterocycles. The number of benzene rings is 2. The summed E-state index contributed by atoms with van der Waals surface area (Å²) in [5.74, 6) is -0.226. The fourth-order valence-corrected chi connectivity index (χ4v) is 2.54. The second kappa shape index (κ2) is 7.95. The van der Waals surface area contributed by atoms with Crippen molar-refractivity contribution in [2.24, 2.45) is 0 Å². The number of nitrogens with one attached hydrogen (secondary N) is 2. The lowest BCUT2D eigenvalue weighted by Gasteiger charge is -2.09. The zero-order valence-electron chi connectivity index (χ0n) is 14.4. The number of hydrogen-bond donors (Lipinski definition) is 2. The molecule has 2 aromatic carbocycles. The Kier molecular flexibility index (Phi) is 5.25. The molecule has 0 aliphatic rings. The number of hydrogen-bond acceptors (Lipinski definition) is 4. The number of carbonyl (C=O) groups is 1. The molecule has 26 heavy (non-hydrogen) atoms. The molecule has 0 radical (unpaired) electrons. The van der Waals surface area contributed by atoms with E-state index in [1.807, 2.05) is 49.4 Å². The summed E-state index contributed by atoms with van der Waals surface area (Å²) < 4.78 is 0. The molecule has 0 fully saturated rings. The molecular formula is C21H18N4O. The Bertz CT molecular complexity index is 958. The fraction of sp³-hybridized carbons (Fsp3) is 0.0952. The summed E-state index contributed by atoms with van der Waals surface area (Å²) in [5.41, 5.74) is 4.51. The fourth-order valence-electron chi connectivity index (χ4n) is 2.54. The van der Waals surface area contributed by atoms with Gasteiger partial charge in [0.05, 0.1) is 23.1 Å². The topological polar surface area (TPSA) is 77.8 Å². The van der Waals surface area contributed by atoms with Crippen LogP contribution in [0.3, 0.4) is 0 Å². The van der Waals surface area contributed by atoms with Gasteiger partial charge in [-0.1, -0.05) is 42.0 Å². The molecule has 0 spiro atoms. The Hall–Kier alpha value is -3.65. The predicted molar refractivity (Wildman–Crippen MR) is 101 cm³/mol. The van der Waals surface area contributed by atoms with Gasteiger partial charge in [0.25, 0.3) is 5.91 Å². The van der Waals surface area contributed by atoms with Gasteiger partial charge >= 0.3 is 0 Å². The Morgan fingerprint density at radius 3 is 2.69 bits per heavy atom. The summed E-state index contributed by atoms with van der Waals surface area (Å²) in [6.07, 6.45) is 1.58. The van der Waals surface area contributed by atoms with Crippen molar-refractivity contribution in [1.82, 2.24) is 10.3 Å². The van der Waals surface area contributed by atoms with Crippen LogP contribution in [0, 0.1) is 18.3 Å². The molecule has 3 rings (SSSR count). The summed E-state index contributed by atoms with van der Waals surface area (Å²) in [7, 11) is 0. The van der Waals surface area contributed by atoms with E-state index in [-0.39, 0.29) is 5.91 Å². The molecule has 5 heteroatoms. The molecule has 0 atom stereocenters. The minimum absolute atomic E-state index is 0.226. The van der Waals surface area contributed by atoms with E-state index in [9.17, 15) is 4.79 Å². The van der Waals surface area contributed by atoms with Gasteiger partial charge in [-0.25, -0.2) is 4.98 Å². The monoisotopic (exact) mass is 342 g/mol. The van der Waals surface area contributed by atoms with Crippen LogP contribution in [0.25, 0.3) is 0 Å². The Morgan fingerprint density at radius 2 is 1.96 bits per heavy atom. The highest BCUT2D eigenvalue weighted by molar-refractivity contribution is 5.92. The van der Waals surface area contributed by atoms with Crippen molar-refractivity contribution >= 4 is 17.3 Å². The molecule has 0 aliphatic heterocycles. The zero-order valence-corrected chi connectivity index (χ0v) is 14.4. The minimum Gasteiger partial charge on any atom is -0.353 e. The van der Waals surface area contributed by atoms with Gasteiger partial charge in [-0.15, -0.1) is 0 Å². The maximum atomic E-state index is 12.2. The number of carbonyl (C=O) groups excluding carboxylic acids is 1. The number of para-hydroxylation sites is 1. The maximum Gasteiger partial charge on any atom is 0.270 e. The first-order valence-electron chi connectivity index (χ1n) is 8.21. The summed E-state index contributed by atoms with van der Waals surface area (Å²) in [6, 6.07) is 20.8. The highest BCUT2D eigenvalue weighted by Gasteiger charge is 2.08. The third-order valence-electron chi connectivity index (χ3n) is 3.86. The predicted octanol–water partition coefficient (Wildman–Crippen LogP) is 3.94. The van der Waals surface area contributed by atoms with Crippen molar-refractivity contribution in [3.05, 3.63) is 89.2 Å². The third kappa shape index (κ3) is 4.25. The van der Waals surface area contributed by atoms with E-state index in [1.165, 1.54) is 0 Å². The average Bonchev–Trinajstić information content (AvgIpc) is 2.67. The van der Waals surface area contributed by atoms with Crippen LogP contribution in [-0.2, 0) is 6.54 Å². The lowest BCUT2D eigenvalue weighted by Crippen LogP contribution is -2.23. The van der Waals surface area contributed by atoms with E-state index in [4.69, 9.17) is 5.26 Å². The molecular weight excluding hydrogens is 324 g/mol. The molecule has 1 heterocycles. The lowest BCUT2D eigenvalue weighted by molar-refractivity contribution is 0.0946. The summed E-state index contributed by atoms with van der Waals surface area (Å²) in [4.78, 5) is 16.4. The van der Waals surface area contributed by atoms with Crippen LogP contribution >= 0.6 is 0 Å². The quantitative estimate of drug-likeness (QED) is 0.736. The van der Waals surface area contributed by atoms with Gasteiger partial charge < -0.3 is 10.6 Å². The molecule has 2 N–H and O–H groups in total. The van der Waals surface area contributed by atoms with Crippen molar-refractivity contribution in [3.8, 4) is 6.07 Å². The minimum atomic E-state index is -0.226. The van der Waals surface area contributed by atoms with Crippen LogP contribution in [0.5, 0.6) is 0 Å². The third-order valence-corrected chi connectivity index (χ3v) is 3.86. The van der Waals surface area contributed by atoms with Gasteiger partial charge in [-0.3, -0.25) is 4.79 Å². The number of nitriles is 1. The van der Waals surface area contributed by atoms with E-state index in [1.54, 1.807) is 24.4 Å². The largest absolute Gasteiger partial charge is 0.353 e. The highest BCUT2D eigenvalue weighted by Crippen LogP contribution is 2.19. The Balaban J connectivity index is 1.63. The van der Waals surface area contributed by atoms with Crippen molar-refractivity contribution in [3.63, 3.8) is 0 Å². The lowest BCUT2D eigenvalue weighted by atomic mass is 10.1. The van der Waals surface area contributed by atoms with E-state index in [0.29, 0.717) is 29.2 Å². The number of amides is 1. The van der Waals surface area contributed by atoms with E-state index in [2.05, 4.69) is 21.7 Å². The molecule has 5 nitrogen and oxygen atoms in total. The van der Waals surface area contributed by atoms with Gasteiger partial charge in [0.15, 0.2) is 0 Å². The summed E-state index contributed by atoms with van der Waals surface area (Å²) >= 11 is 0. The van der Waals surface area contributed by atoms with Crippen LogP contribution in [0.2, 0.25) is 0 Å². The second-order valence-corrected chi connectivity index (χ2v) is 5.89. The molecule has 3 aromatic rings. The molecule has 1 amide bonds. The van der Waals surface area contributed by atoms with E-state index in [0.717, 1.165) is 11.1 Å². The number of nitrogens with zero attached hydrogens (tertiary/aromatic N) is 2. The van der Waals surface area contributed by atoms with Gasteiger partial charge in [-0.05, 0) is 36.8 Å². The van der Waals surface area contributed by atoms with Crippen molar-refractivity contribution in [2.45, 2.75) is 13.5 Å². The van der Waals surface area contributed by atoms with Crippen LogP contribution in [0.1, 0.15) is 27.2 Å². The molecule has 1 aromatic heterocycles. The van der Waals surface area contributed by atoms with Gasteiger partial charge in [-0.2, -0.15) is 5.26 Å². The number of anilines is 2. The van der Waals surface area contributed by atoms with Gasteiger partial charge in [0.2, 0.25) is 0 Å².